The van der Waals surface area contributed by atoms with Crippen molar-refractivity contribution in [3.63, 3.8) is 0 Å². The Bertz CT molecular complexity index is 874. The Morgan fingerprint density at radius 3 is 2.70 bits per heavy atom. The predicted octanol–water partition coefficient (Wildman–Crippen LogP) is 3.41. The highest BCUT2D eigenvalue weighted by molar-refractivity contribution is 7.08. The summed E-state index contributed by atoms with van der Waals surface area (Å²) in [5.74, 6) is -1.38. The summed E-state index contributed by atoms with van der Waals surface area (Å²) in [5, 5.41) is 10.2. The van der Waals surface area contributed by atoms with Crippen molar-refractivity contribution < 1.29 is 14.1 Å². The van der Waals surface area contributed by atoms with Crippen LogP contribution in [0.25, 0.3) is 11.3 Å². The fraction of sp³-hybridized carbons (Fsp3) is 0. The SMILES string of the molecule is NC(=O)c1c(-c2ccsc2)noc1NC(=O)c1ccccc1Cl. The number of carbonyl (C=O) groups excluding carboxylic acids is 2. The van der Waals surface area contributed by atoms with Gasteiger partial charge in [-0.15, -0.1) is 0 Å². The van der Waals surface area contributed by atoms with Gasteiger partial charge >= 0.3 is 0 Å². The van der Waals surface area contributed by atoms with Gasteiger partial charge in [0.25, 0.3) is 11.8 Å². The minimum atomic E-state index is -0.748. The van der Waals surface area contributed by atoms with Gasteiger partial charge in [-0.3, -0.25) is 14.9 Å². The summed E-state index contributed by atoms with van der Waals surface area (Å²) in [6.45, 7) is 0. The summed E-state index contributed by atoms with van der Waals surface area (Å²) in [5.41, 5.74) is 6.63. The molecule has 1 aromatic carbocycles. The van der Waals surface area contributed by atoms with Gasteiger partial charge in [0.05, 0.1) is 10.6 Å². The van der Waals surface area contributed by atoms with E-state index in [9.17, 15) is 9.59 Å². The number of hydrogen-bond donors (Lipinski definition) is 2. The average molecular weight is 348 g/mol. The second-order valence-corrected chi connectivity index (χ2v) is 5.73. The summed E-state index contributed by atoms with van der Waals surface area (Å²) in [6, 6.07) is 8.29. The van der Waals surface area contributed by atoms with Gasteiger partial charge in [0.15, 0.2) is 0 Å². The Labute approximate surface area is 139 Å². The topological polar surface area (TPSA) is 98.2 Å². The molecule has 3 rings (SSSR count). The number of hydrogen-bond acceptors (Lipinski definition) is 5. The fourth-order valence-corrected chi connectivity index (χ4v) is 2.88. The molecule has 0 saturated carbocycles. The van der Waals surface area contributed by atoms with Crippen LogP contribution in [0, 0.1) is 0 Å². The van der Waals surface area contributed by atoms with E-state index in [2.05, 4.69) is 10.5 Å². The maximum absolute atomic E-state index is 12.3. The number of aromatic nitrogens is 1. The van der Waals surface area contributed by atoms with Crippen molar-refractivity contribution in [3.05, 3.63) is 57.2 Å². The minimum Gasteiger partial charge on any atom is -0.365 e. The summed E-state index contributed by atoms with van der Waals surface area (Å²) in [6.07, 6.45) is 0. The van der Waals surface area contributed by atoms with Crippen LogP contribution < -0.4 is 11.1 Å². The van der Waals surface area contributed by atoms with E-state index in [-0.39, 0.29) is 27.7 Å². The summed E-state index contributed by atoms with van der Waals surface area (Å²) < 4.78 is 5.09. The van der Waals surface area contributed by atoms with Gasteiger partial charge in [0, 0.05) is 10.9 Å². The van der Waals surface area contributed by atoms with Crippen molar-refractivity contribution in [2.75, 3.05) is 5.32 Å². The van der Waals surface area contributed by atoms with E-state index >= 15 is 0 Å². The summed E-state index contributed by atoms with van der Waals surface area (Å²) in [7, 11) is 0. The molecular formula is C15H10ClN3O3S. The van der Waals surface area contributed by atoms with Crippen LogP contribution in [-0.4, -0.2) is 17.0 Å². The second-order valence-electron chi connectivity index (χ2n) is 4.55. The highest BCUT2D eigenvalue weighted by Gasteiger charge is 2.24. The third-order valence-corrected chi connectivity index (χ3v) is 4.09. The monoisotopic (exact) mass is 347 g/mol. The molecule has 0 aliphatic heterocycles. The number of thiophene rings is 1. The number of nitrogens with one attached hydrogen (secondary N) is 1. The van der Waals surface area contributed by atoms with E-state index in [1.807, 2.05) is 5.38 Å². The Morgan fingerprint density at radius 1 is 1.26 bits per heavy atom. The lowest BCUT2D eigenvalue weighted by Gasteiger charge is -2.04. The third kappa shape index (κ3) is 2.96. The van der Waals surface area contributed by atoms with Crippen LogP contribution in [0.2, 0.25) is 5.02 Å². The van der Waals surface area contributed by atoms with E-state index in [0.29, 0.717) is 5.56 Å². The molecule has 3 N–H and O–H groups in total. The van der Waals surface area contributed by atoms with Gasteiger partial charge in [0.2, 0.25) is 5.88 Å². The van der Waals surface area contributed by atoms with Gasteiger partial charge in [0.1, 0.15) is 11.3 Å². The van der Waals surface area contributed by atoms with Crippen LogP contribution in [0.3, 0.4) is 0 Å². The van der Waals surface area contributed by atoms with Crippen molar-refractivity contribution in [1.29, 1.82) is 0 Å². The number of anilines is 1. The first kappa shape index (κ1) is 15.3. The van der Waals surface area contributed by atoms with Gasteiger partial charge in [-0.05, 0) is 23.6 Å². The van der Waals surface area contributed by atoms with E-state index < -0.39 is 11.8 Å². The molecule has 0 saturated heterocycles. The number of nitrogens with zero attached hydrogens (tertiary/aromatic N) is 1. The number of amides is 2. The Balaban J connectivity index is 1.97. The molecule has 0 fully saturated rings. The molecule has 0 atom stereocenters. The van der Waals surface area contributed by atoms with Crippen LogP contribution in [0.15, 0.2) is 45.6 Å². The van der Waals surface area contributed by atoms with Crippen molar-refractivity contribution in [2.45, 2.75) is 0 Å². The largest absolute Gasteiger partial charge is 0.365 e. The van der Waals surface area contributed by atoms with Crippen LogP contribution in [-0.2, 0) is 0 Å². The Kier molecular flexibility index (Phi) is 4.14. The first-order chi connectivity index (χ1) is 11.1. The van der Waals surface area contributed by atoms with E-state index in [0.717, 1.165) is 0 Å². The number of carbonyl (C=O) groups is 2. The molecule has 0 aliphatic carbocycles. The number of benzene rings is 1. The van der Waals surface area contributed by atoms with Crippen molar-refractivity contribution in [1.82, 2.24) is 5.16 Å². The molecule has 0 bridgehead atoms. The van der Waals surface area contributed by atoms with Crippen molar-refractivity contribution >= 4 is 40.6 Å². The lowest BCUT2D eigenvalue weighted by atomic mass is 10.1. The minimum absolute atomic E-state index is 0.0174. The maximum Gasteiger partial charge on any atom is 0.259 e. The zero-order valence-corrected chi connectivity index (χ0v) is 13.1. The Morgan fingerprint density at radius 2 is 2.04 bits per heavy atom. The maximum atomic E-state index is 12.3. The fourth-order valence-electron chi connectivity index (χ4n) is 2.02. The zero-order chi connectivity index (χ0) is 16.4. The van der Waals surface area contributed by atoms with Gasteiger partial charge in [-0.2, -0.15) is 11.3 Å². The van der Waals surface area contributed by atoms with E-state index in [1.54, 1.807) is 35.7 Å². The molecule has 23 heavy (non-hydrogen) atoms. The van der Waals surface area contributed by atoms with E-state index in [4.69, 9.17) is 21.9 Å². The molecule has 0 radical (unpaired) electrons. The average Bonchev–Trinajstić information content (AvgIpc) is 3.16. The lowest BCUT2D eigenvalue weighted by molar-refractivity contribution is 0.100. The van der Waals surface area contributed by atoms with Crippen LogP contribution in [0.1, 0.15) is 20.7 Å². The van der Waals surface area contributed by atoms with Crippen molar-refractivity contribution in [3.8, 4) is 11.3 Å². The molecule has 2 aromatic heterocycles. The highest BCUT2D eigenvalue weighted by Crippen LogP contribution is 2.30. The number of nitrogens with two attached hydrogens (primary N) is 1. The second kappa shape index (κ2) is 6.23. The Hall–Kier alpha value is -2.64. The first-order valence-electron chi connectivity index (χ1n) is 6.46. The lowest BCUT2D eigenvalue weighted by Crippen LogP contribution is -2.17. The number of primary amides is 1. The first-order valence-corrected chi connectivity index (χ1v) is 7.78. The highest BCUT2D eigenvalue weighted by atomic mass is 35.5. The quantitative estimate of drug-likeness (QED) is 0.755. The van der Waals surface area contributed by atoms with Crippen LogP contribution >= 0.6 is 22.9 Å². The molecule has 0 spiro atoms. The molecule has 8 heteroatoms. The van der Waals surface area contributed by atoms with Gasteiger partial charge < -0.3 is 10.3 Å². The van der Waals surface area contributed by atoms with Crippen molar-refractivity contribution in [2.24, 2.45) is 5.73 Å². The van der Waals surface area contributed by atoms with E-state index in [1.165, 1.54) is 11.3 Å². The normalized spacial score (nSPS) is 10.5. The summed E-state index contributed by atoms with van der Waals surface area (Å²) >= 11 is 7.42. The number of rotatable bonds is 4. The standard InChI is InChI=1S/C15H10ClN3O3S/c16-10-4-2-1-3-9(10)14(21)18-15-11(13(17)20)12(19-22-15)8-5-6-23-7-8/h1-7H,(H2,17,20)(H,18,21). The molecule has 3 aromatic rings. The zero-order valence-electron chi connectivity index (χ0n) is 11.6. The molecule has 2 amide bonds. The number of halogens is 1. The molecule has 0 unspecified atom stereocenters. The predicted molar refractivity (Wildman–Crippen MR) is 87.7 cm³/mol. The molecule has 0 aliphatic rings. The van der Waals surface area contributed by atoms with Crippen LogP contribution in [0.4, 0.5) is 5.88 Å². The molecular weight excluding hydrogens is 338 g/mol. The molecule has 2 heterocycles. The molecule has 116 valence electrons. The smallest absolute Gasteiger partial charge is 0.259 e. The summed E-state index contributed by atoms with van der Waals surface area (Å²) in [4.78, 5) is 24.0. The van der Waals surface area contributed by atoms with Gasteiger partial charge in [-0.1, -0.05) is 28.9 Å². The molecule has 6 nitrogen and oxygen atoms in total. The third-order valence-electron chi connectivity index (χ3n) is 3.08. The van der Waals surface area contributed by atoms with Gasteiger partial charge in [-0.25, -0.2) is 0 Å². The van der Waals surface area contributed by atoms with Crippen LogP contribution in [0.5, 0.6) is 0 Å².